The second-order valence-electron chi connectivity index (χ2n) is 5.87. The minimum Gasteiger partial charge on any atom is -0.493 e. The Morgan fingerprint density at radius 1 is 1.18 bits per heavy atom. The van der Waals surface area contributed by atoms with Crippen molar-refractivity contribution in [2.75, 3.05) is 13.7 Å². The Bertz CT molecular complexity index is 946. The van der Waals surface area contributed by atoms with Gasteiger partial charge in [0, 0.05) is 11.0 Å². The predicted octanol–water partition coefficient (Wildman–Crippen LogP) is 5.23. The number of imide groups is 1. The highest BCUT2D eigenvalue weighted by atomic mass is 79.9. The number of carbonyl (C=O) groups excluding carboxylic acids is 2. The molecule has 0 spiro atoms. The zero-order valence-corrected chi connectivity index (χ0v) is 17.6. The first kappa shape index (κ1) is 20.4. The molecule has 2 aromatic carbocycles. The van der Waals surface area contributed by atoms with Crippen LogP contribution in [0.15, 0.2) is 45.8 Å². The molecule has 8 heteroatoms. The fourth-order valence-corrected chi connectivity index (χ4v) is 3.92. The Kier molecular flexibility index (Phi) is 6.41. The average Bonchev–Trinajstić information content (AvgIpc) is 2.95. The summed E-state index contributed by atoms with van der Waals surface area (Å²) < 4.78 is 24.9. The van der Waals surface area contributed by atoms with Gasteiger partial charge >= 0.3 is 0 Å². The van der Waals surface area contributed by atoms with E-state index in [0.717, 1.165) is 17.3 Å². The van der Waals surface area contributed by atoms with Crippen LogP contribution in [-0.4, -0.2) is 29.7 Å². The summed E-state index contributed by atoms with van der Waals surface area (Å²) in [4.78, 5) is 25.7. The van der Waals surface area contributed by atoms with E-state index in [4.69, 9.17) is 9.47 Å². The summed E-state index contributed by atoms with van der Waals surface area (Å²) in [5.74, 6) is 0.365. The minimum atomic E-state index is -0.306. The topological polar surface area (TPSA) is 55.8 Å². The summed E-state index contributed by atoms with van der Waals surface area (Å²) in [5, 5.41) is -0.277. The molecule has 0 aliphatic carbocycles. The Balaban J connectivity index is 1.83. The van der Waals surface area contributed by atoms with Gasteiger partial charge in [0.15, 0.2) is 11.5 Å². The normalized spacial score (nSPS) is 15.4. The number of likely N-dealkylation sites (N-methyl/N-ethyl adjacent to an activating group) is 1. The number of amides is 2. The smallest absolute Gasteiger partial charge is 0.293 e. The zero-order chi connectivity index (χ0) is 20.3. The van der Waals surface area contributed by atoms with Crippen molar-refractivity contribution in [3.05, 3.63) is 62.7 Å². The highest BCUT2D eigenvalue weighted by molar-refractivity contribution is 9.10. The van der Waals surface area contributed by atoms with Crippen LogP contribution in [0.2, 0.25) is 0 Å². The molecule has 1 heterocycles. The largest absolute Gasteiger partial charge is 0.493 e. The van der Waals surface area contributed by atoms with E-state index < -0.39 is 0 Å². The molecule has 1 saturated heterocycles. The number of methoxy groups -OCH3 is 1. The number of carbonyl (C=O) groups is 2. The SMILES string of the molecule is CCN1C(=O)S/C(=C\c2cc(OC)c(OCc3ccc(F)cc3)cc2Br)C1=O. The van der Waals surface area contributed by atoms with Crippen molar-refractivity contribution in [1.82, 2.24) is 4.90 Å². The number of halogens is 2. The molecule has 2 aromatic rings. The summed E-state index contributed by atoms with van der Waals surface area (Å²) in [6, 6.07) is 9.50. The Hall–Kier alpha value is -2.32. The van der Waals surface area contributed by atoms with Crippen LogP contribution in [0.5, 0.6) is 11.5 Å². The first-order chi connectivity index (χ1) is 13.4. The molecule has 0 radical (unpaired) electrons. The van der Waals surface area contributed by atoms with Gasteiger partial charge < -0.3 is 9.47 Å². The van der Waals surface area contributed by atoms with E-state index in [0.29, 0.717) is 33.0 Å². The third-order valence-electron chi connectivity index (χ3n) is 4.07. The molecule has 0 aromatic heterocycles. The van der Waals surface area contributed by atoms with Crippen LogP contribution in [0, 0.1) is 5.82 Å². The van der Waals surface area contributed by atoms with Crippen molar-refractivity contribution in [3.63, 3.8) is 0 Å². The van der Waals surface area contributed by atoms with Crippen molar-refractivity contribution < 1.29 is 23.5 Å². The fourth-order valence-electron chi connectivity index (χ4n) is 2.59. The molecular formula is C20H17BrFNO4S. The molecule has 1 fully saturated rings. The quantitative estimate of drug-likeness (QED) is 0.546. The predicted molar refractivity (Wildman–Crippen MR) is 110 cm³/mol. The lowest BCUT2D eigenvalue weighted by molar-refractivity contribution is -0.122. The highest BCUT2D eigenvalue weighted by Crippen LogP contribution is 2.38. The first-order valence-electron chi connectivity index (χ1n) is 8.43. The monoisotopic (exact) mass is 465 g/mol. The summed E-state index contributed by atoms with van der Waals surface area (Å²) in [6.45, 7) is 2.34. The van der Waals surface area contributed by atoms with Crippen LogP contribution in [0.1, 0.15) is 18.1 Å². The number of rotatable bonds is 6. The van der Waals surface area contributed by atoms with Gasteiger partial charge in [0.1, 0.15) is 12.4 Å². The number of ether oxygens (including phenoxy) is 2. The number of thioether (sulfide) groups is 1. The number of nitrogens with zero attached hydrogens (tertiary/aromatic N) is 1. The fraction of sp³-hybridized carbons (Fsp3) is 0.200. The van der Waals surface area contributed by atoms with Crippen LogP contribution < -0.4 is 9.47 Å². The first-order valence-corrected chi connectivity index (χ1v) is 10.0. The standard InChI is InChI=1S/C20H17BrFNO4S/c1-3-23-19(24)18(28-20(23)25)9-13-8-16(26-2)17(10-15(13)21)27-11-12-4-6-14(22)7-5-12/h4-10H,3,11H2,1-2H3/b18-9-. The summed E-state index contributed by atoms with van der Waals surface area (Å²) >= 11 is 4.38. The van der Waals surface area contributed by atoms with E-state index >= 15 is 0 Å². The summed E-state index contributed by atoms with van der Waals surface area (Å²) in [7, 11) is 1.52. The van der Waals surface area contributed by atoms with Crippen LogP contribution in [0.25, 0.3) is 6.08 Å². The number of benzene rings is 2. The van der Waals surface area contributed by atoms with Crippen LogP contribution in [0.4, 0.5) is 9.18 Å². The maximum absolute atomic E-state index is 13.0. The van der Waals surface area contributed by atoms with Crippen molar-refractivity contribution >= 4 is 44.9 Å². The molecule has 0 atom stereocenters. The summed E-state index contributed by atoms with van der Waals surface area (Å²) in [6.07, 6.45) is 1.65. The third kappa shape index (κ3) is 4.39. The molecule has 0 unspecified atom stereocenters. The molecular weight excluding hydrogens is 449 g/mol. The van der Waals surface area contributed by atoms with Gasteiger partial charge in [-0.2, -0.15) is 0 Å². The van der Waals surface area contributed by atoms with E-state index in [2.05, 4.69) is 15.9 Å². The summed E-state index contributed by atoms with van der Waals surface area (Å²) in [5.41, 5.74) is 1.50. The van der Waals surface area contributed by atoms with Crippen molar-refractivity contribution in [2.45, 2.75) is 13.5 Å². The zero-order valence-electron chi connectivity index (χ0n) is 15.2. The molecule has 0 saturated carbocycles. The van der Waals surface area contributed by atoms with Crippen LogP contribution >= 0.6 is 27.7 Å². The maximum atomic E-state index is 13.0. The number of hydrogen-bond acceptors (Lipinski definition) is 5. The molecule has 1 aliphatic heterocycles. The van der Waals surface area contributed by atoms with Crippen molar-refractivity contribution in [3.8, 4) is 11.5 Å². The van der Waals surface area contributed by atoms with Gasteiger partial charge in [0.2, 0.25) is 0 Å². The van der Waals surface area contributed by atoms with Gasteiger partial charge in [-0.1, -0.05) is 28.1 Å². The Morgan fingerprint density at radius 3 is 2.50 bits per heavy atom. The van der Waals surface area contributed by atoms with Crippen molar-refractivity contribution in [2.24, 2.45) is 0 Å². The second kappa shape index (κ2) is 8.79. The maximum Gasteiger partial charge on any atom is 0.293 e. The highest BCUT2D eigenvalue weighted by Gasteiger charge is 2.33. The molecule has 5 nitrogen and oxygen atoms in total. The van der Waals surface area contributed by atoms with Crippen molar-refractivity contribution in [1.29, 1.82) is 0 Å². The molecule has 3 rings (SSSR count). The lowest BCUT2D eigenvalue weighted by Crippen LogP contribution is -2.27. The molecule has 2 amide bonds. The molecule has 1 aliphatic rings. The van der Waals surface area contributed by atoms with Gasteiger partial charge in [-0.25, -0.2) is 4.39 Å². The van der Waals surface area contributed by atoms with Gasteiger partial charge in [-0.3, -0.25) is 14.5 Å². The number of hydrogen-bond donors (Lipinski definition) is 0. The lowest BCUT2D eigenvalue weighted by atomic mass is 10.1. The van der Waals surface area contributed by atoms with Crippen LogP contribution in [-0.2, 0) is 11.4 Å². The van der Waals surface area contributed by atoms with E-state index in [9.17, 15) is 14.0 Å². The Labute approximate surface area is 174 Å². The van der Waals surface area contributed by atoms with E-state index in [1.54, 1.807) is 37.3 Å². The Morgan fingerprint density at radius 2 is 1.89 bits per heavy atom. The molecule has 0 N–H and O–H groups in total. The van der Waals surface area contributed by atoms with E-state index in [1.165, 1.54) is 24.1 Å². The van der Waals surface area contributed by atoms with Crippen LogP contribution in [0.3, 0.4) is 0 Å². The lowest BCUT2D eigenvalue weighted by Gasteiger charge is -2.13. The van der Waals surface area contributed by atoms with Gasteiger partial charge in [-0.05, 0) is 60.2 Å². The average molecular weight is 466 g/mol. The van der Waals surface area contributed by atoms with Gasteiger partial charge in [-0.15, -0.1) is 0 Å². The minimum absolute atomic E-state index is 0.248. The second-order valence-corrected chi connectivity index (χ2v) is 7.71. The third-order valence-corrected chi connectivity index (χ3v) is 5.66. The molecule has 0 bridgehead atoms. The van der Waals surface area contributed by atoms with Gasteiger partial charge in [0.05, 0.1) is 12.0 Å². The molecule has 28 heavy (non-hydrogen) atoms. The van der Waals surface area contributed by atoms with E-state index in [-0.39, 0.29) is 23.6 Å². The van der Waals surface area contributed by atoms with E-state index in [1.807, 2.05) is 0 Å². The van der Waals surface area contributed by atoms with Gasteiger partial charge in [0.25, 0.3) is 11.1 Å². The molecule has 146 valence electrons.